The molecule has 1 N–H and O–H groups in total. The van der Waals surface area contributed by atoms with Crippen molar-refractivity contribution in [2.45, 2.75) is 149 Å². The molecule has 5 saturated carbocycles. The fourth-order valence-corrected chi connectivity index (χ4v) is 12.8. The van der Waals surface area contributed by atoms with Gasteiger partial charge in [0.25, 0.3) is 0 Å². The third-order valence-electron chi connectivity index (χ3n) is 14.8. The van der Waals surface area contributed by atoms with Gasteiger partial charge in [0.15, 0.2) is 12.4 Å². The Morgan fingerprint density at radius 2 is 1.79 bits per heavy atom. The lowest BCUT2D eigenvalue weighted by atomic mass is 9.46. The zero-order valence-corrected chi connectivity index (χ0v) is 28.0. The molecule has 7 fully saturated rings. The monoisotopic (exact) mass is 601 g/mol. The van der Waals surface area contributed by atoms with E-state index < -0.39 is 11.7 Å². The van der Waals surface area contributed by atoms with Crippen LogP contribution in [0.25, 0.3) is 0 Å². The van der Waals surface area contributed by atoms with Gasteiger partial charge in [0.1, 0.15) is 0 Å². The molecular weight excluding hydrogens is 542 g/mol. The maximum Gasteiger partial charge on any atom is 0.303 e. The normalized spacial score (nSPS) is 49.5. The number of fused-ring (bicyclic) bond motifs is 4. The van der Waals surface area contributed by atoms with Crippen molar-refractivity contribution >= 4 is 5.97 Å². The minimum Gasteiger partial charge on any atom is -0.457 e. The van der Waals surface area contributed by atoms with Gasteiger partial charge in [0.05, 0.1) is 30.5 Å². The van der Waals surface area contributed by atoms with Crippen molar-refractivity contribution in [1.82, 2.24) is 4.90 Å². The second-order valence-electron chi connectivity index (χ2n) is 17.3. The van der Waals surface area contributed by atoms with Crippen molar-refractivity contribution in [3.05, 3.63) is 0 Å². The number of carbonyl (C=O) groups is 1. The highest BCUT2D eigenvalue weighted by molar-refractivity contribution is 5.66. The number of aliphatic hydroxyl groups is 1. The van der Waals surface area contributed by atoms with Crippen molar-refractivity contribution in [2.75, 3.05) is 26.2 Å². The Hall–Kier alpha value is -0.730. The second-order valence-corrected chi connectivity index (χ2v) is 17.3. The van der Waals surface area contributed by atoms with Crippen LogP contribution in [0.4, 0.5) is 0 Å². The van der Waals surface area contributed by atoms with Crippen LogP contribution in [-0.4, -0.2) is 78.5 Å². The molecular formula is C36H59NO6. The van der Waals surface area contributed by atoms with Crippen LogP contribution in [-0.2, 0) is 23.7 Å². The summed E-state index contributed by atoms with van der Waals surface area (Å²) >= 11 is 0. The van der Waals surface area contributed by atoms with Gasteiger partial charge in [-0.2, -0.15) is 0 Å². The highest BCUT2D eigenvalue weighted by atomic mass is 16.7. The number of morpholine rings is 1. The molecule has 0 aromatic rings. The van der Waals surface area contributed by atoms with Gasteiger partial charge >= 0.3 is 5.97 Å². The van der Waals surface area contributed by atoms with Gasteiger partial charge < -0.3 is 24.1 Å². The highest BCUT2D eigenvalue weighted by Gasteiger charge is 2.80. The number of carbonyl (C=O) groups excluding carboxylic acids is 1. The summed E-state index contributed by atoms with van der Waals surface area (Å²) in [5.74, 6) is 2.45. The molecule has 12 atom stereocenters. The molecule has 7 heteroatoms. The topological polar surface area (TPSA) is 77.5 Å². The number of esters is 1. The fourth-order valence-electron chi connectivity index (χ4n) is 12.8. The summed E-state index contributed by atoms with van der Waals surface area (Å²) in [5.41, 5.74) is 0.349. The van der Waals surface area contributed by atoms with Crippen molar-refractivity contribution in [3.8, 4) is 0 Å². The maximum absolute atomic E-state index is 11.9. The maximum atomic E-state index is 11.9. The van der Waals surface area contributed by atoms with Crippen LogP contribution in [0.15, 0.2) is 0 Å². The van der Waals surface area contributed by atoms with E-state index in [0.29, 0.717) is 28.1 Å². The van der Waals surface area contributed by atoms with Crippen molar-refractivity contribution < 1.29 is 28.8 Å². The van der Waals surface area contributed by atoms with Crippen LogP contribution in [0.2, 0.25) is 0 Å². The first-order valence-corrected chi connectivity index (χ1v) is 17.8. The molecule has 7 nitrogen and oxygen atoms in total. The first kappa shape index (κ1) is 30.9. The van der Waals surface area contributed by atoms with Gasteiger partial charge in [-0.3, -0.25) is 9.69 Å². The third-order valence-corrected chi connectivity index (χ3v) is 14.8. The van der Waals surface area contributed by atoms with E-state index >= 15 is 0 Å². The quantitative estimate of drug-likeness (QED) is 0.377. The van der Waals surface area contributed by atoms with Crippen molar-refractivity contribution in [1.29, 1.82) is 0 Å². The summed E-state index contributed by atoms with van der Waals surface area (Å²) in [6.07, 6.45) is 11.9. The lowest BCUT2D eigenvalue weighted by Crippen LogP contribution is -2.56. The molecule has 7 aliphatic rings. The van der Waals surface area contributed by atoms with E-state index in [4.69, 9.17) is 18.9 Å². The predicted molar refractivity (Wildman–Crippen MR) is 164 cm³/mol. The number of ether oxygens (including phenoxy) is 4. The Morgan fingerprint density at radius 1 is 1.02 bits per heavy atom. The first-order chi connectivity index (χ1) is 20.2. The van der Waals surface area contributed by atoms with Gasteiger partial charge in [-0.15, -0.1) is 0 Å². The number of hydrogen-bond acceptors (Lipinski definition) is 7. The highest BCUT2D eigenvalue weighted by Crippen LogP contribution is 2.87. The van der Waals surface area contributed by atoms with Crippen LogP contribution in [0.3, 0.4) is 0 Å². The van der Waals surface area contributed by atoms with Crippen LogP contribution in [0, 0.1) is 45.3 Å². The molecule has 9 unspecified atom stereocenters. The molecule has 2 heterocycles. The van der Waals surface area contributed by atoms with Gasteiger partial charge in [0.2, 0.25) is 0 Å². The largest absolute Gasteiger partial charge is 0.457 e. The summed E-state index contributed by atoms with van der Waals surface area (Å²) < 4.78 is 25.5. The molecule has 5 aliphatic carbocycles. The van der Waals surface area contributed by atoms with Crippen molar-refractivity contribution in [3.63, 3.8) is 0 Å². The molecule has 2 saturated heterocycles. The Kier molecular flexibility index (Phi) is 7.46. The molecule has 0 radical (unpaired) electrons. The average molecular weight is 602 g/mol. The molecule has 0 amide bonds. The van der Waals surface area contributed by atoms with Crippen LogP contribution in [0.5, 0.6) is 0 Å². The van der Waals surface area contributed by atoms with E-state index in [2.05, 4.69) is 32.6 Å². The number of likely N-dealkylation sites (N-methyl/N-ethyl adjacent to an activating group) is 1. The summed E-state index contributed by atoms with van der Waals surface area (Å²) in [6, 6.07) is 0. The number of rotatable bonds is 6. The van der Waals surface area contributed by atoms with Crippen LogP contribution in [0.1, 0.15) is 113 Å². The fraction of sp³-hybridized carbons (Fsp3) is 0.972. The molecule has 7 rings (SSSR count). The lowest BCUT2D eigenvalue weighted by Gasteiger charge is -2.60. The van der Waals surface area contributed by atoms with E-state index in [1.807, 2.05) is 0 Å². The zero-order chi connectivity index (χ0) is 30.6. The summed E-state index contributed by atoms with van der Waals surface area (Å²) in [7, 11) is 0. The first-order valence-electron chi connectivity index (χ1n) is 17.8. The minimum absolute atomic E-state index is 0.0885. The average Bonchev–Trinajstić information content (AvgIpc) is 3.52. The van der Waals surface area contributed by atoms with Crippen LogP contribution < -0.4 is 0 Å². The van der Waals surface area contributed by atoms with Gasteiger partial charge in [0, 0.05) is 20.0 Å². The molecule has 0 aromatic carbocycles. The Morgan fingerprint density at radius 3 is 2.51 bits per heavy atom. The van der Waals surface area contributed by atoms with Crippen LogP contribution >= 0.6 is 0 Å². The summed E-state index contributed by atoms with van der Waals surface area (Å²) in [5, 5.41) is 10.9. The number of nitrogens with zero attached hydrogens (tertiary/aromatic N) is 1. The van der Waals surface area contributed by atoms with E-state index in [9.17, 15) is 9.90 Å². The van der Waals surface area contributed by atoms with E-state index in [1.54, 1.807) is 13.8 Å². The van der Waals surface area contributed by atoms with E-state index in [-0.39, 0.29) is 36.0 Å². The third kappa shape index (κ3) is 4.63. The Bertz CT molecular complexity index is 1090. The number of hydrogen-bond donors (Lipinski definition) is 1. The molecule has 2 aliphatic heterocycles. The van der Waals surface area contributed by atoms with Crippen molar-refractivity contribution in [2.24, 2.45) is 45.3 Å². The minimum atomic E-state index is -1.13. The smallest absolute Gasteiger partial charge is 0.303 e. The van der Waals surface area contributed by atoms with Gasteiger partial charge in [-0.1, -0.05) is 27.7 Å². The summed E-state index contributed by atoms with van der Waals surface area (Å²) in [4.78, 5) is 14.4. The second kappa shape index (κ2) is 10.4. The van der Waals surface area contributed by atoms with E-state index in [0.717, 1.165) is 63.8 Å². The SMILES string of the molecule is CCN1CCOC(O[C@H]2CCC34C[C@]35CCC3(C)C6CCC([C@H](OC(C)=O)C(C)(C)O)OC6CC3C5CCC4C2(C)C)C1. The predicted octanol–water partition coefficient (Wildman–Crippen LogP) is 5.96. The Labute approximate surface area is 260 Å². The zero-order valence-electron chi connectivity index (χ0n) is 28.0. The molecule has 0 bridgehead atoms. The summed E-state index contributed by atoms with van der Waals surface area (Å²) in [6.45, 7) is 18.5. The lowest BCUT2D eigenvalue weighted by molar-refractivity contribution is -0.245. The molecule has 2 spiro atoms. The van der Waals surface area contributed by atoms with E-state index in [1.165, 1.54) is 45.4 Å². The molecule has 0 aromatic heterocycles. The Balaban J connectivity index is 1.07. The van der Waals surface area contributed by atoms with Gasteiger partial charge in [-0.25, -0.2) is 0 Å². The van der Waals surface area contributed by atoms with Gasteiger partial charge in [-0.05, 0) is 130 Å². The standard InChI is InChI=1S/C36H59NO6/c1-8-37-17-18-40-30(20-37)43-29-13-14-36-21-35(36)16-15-34(7)24-9-11-26(31(33(5,6)39)41-22(2)38)42-27(24)19-25(34)23(35)10-12-28(36)32(29,3)4/h23-31,39H,8-21H2,1-7H3/t23?,24?,25?,26?,27?,28?,29-,30?,31-,34?,35-,36?/m0/s1. The molecule has 244 valence electrons. The molecule has 43 heavy (non-hydrogen) atoms.